The fraction of sp³-hybridized carbons (Fsp3) is 0.385. The Morgan fingerprint density at radius 2 is 2.29 bits per heavy atom. The topological polar surface area (TPSA) is 29.5 Å². The van der Waals surface area contributed by atoms with Crippen LogP contribution in [0.1, 0.15) is 18.4 Å². The Hall–Kier alpha value is -1.06. The molecule has 1 heterocycles. The van der Waals surface area contributed by atoms with Crippen LogP contribution >= 0.6 is 11.6 Å². The summed E-state index contributed by atoms with van der Waals surface area (Å²) in [6.45, 7) is 0.677. The maximum Gasteiger partial charge on any atom is 0.127 e. The van der Waals surface area contributed by atoms with E-state index in [1.165, 1.54) is 6.07 Å². The monoisotopic (exact) mass is 256 g/mol. The lowest BCUT2D eigenvalue weighted by molar-refractivity contribution is 0.168. The zero-order chi connectivity index (χ0) is 12.3. The van der Waals surface area contributed by atoms with Gasteiger partial charge in [0.2, 0.25) is 0 Å². The minimum Gasteiger partial charge on any atom is -0.501 e. The molecule has 92 valence electrons. The summed E-state index contributed by atoms with van der Waals surface area (Å²) in [6.07, 6.45) is 2.69. The third kappa shape index (κ3) is 2.99. The average molecular weight is 257 g/mol. The number of rotatable bonds is 3. The van der Waals surface area contributed by atoms with Gasteiger partial charge in [-0.15, -0.1) is 0 Å². The number of hydrogen-bond donors (Lipinski definition) is 1. The van der Waals surface area contributed by atoms with Crippen molar-refractivity contribution in [1.82, 2.24) is 0 Å². The predicted molar refractivity (Wildman–Crippen MR) is 64.4 cm³/mol. The number of aliphatic hydroxyl groups is 1. The Kier molecular flexibility index (Phi) is 4.02. The summed E-state index contributed by atoms with van der Waals surface area (Å²) in [5, 5.41) is 10.4. The second kappa shape index (κ2) is 5.52. The van der Waals surface area contributed by atoms with Crippen LogP contribution in [0.4, 0.5) is 4.39 Å². The van der Waals surface area contributed by atoms with E-state index in [4.69, 9.17) is 16.3 Å². The van der Waals surface area contributed by atoms with Gasteiger partial charge in [0.15, 0.2) is 0 Å². The summed E-state index contributed by atoms with van der Waals surface area (Å²) in [5.41, 5.74) is 1.16. The molecular formula is C13H14ClFO2. The van der Waals surface area contributed by atoms with Crippen molar-refractivity contribution >= 4 is 11.6 Å². The van der Waals surface area contributed by atoms with Gasteiger partial charge in [0.05, 0.1) is 19.0 Å². The molecule has 0 bridgehead atoms. The molecule has 0 radical (unpaired) electrons. The maximum atomic E-state index is 13.5. The van der Waals surface area contributed by atoms with E-state index >= 15 is 0 Å². The summed E-state index contributed by atoms with van der Waals surface area (Å²) < 4.78 is 18.7. The Morgan fingerprint density at radius 3 is 2.94 bits per heavy atom. The lowest BCUT2D eigenvalue weighted by Gasteiger charge is -2.19. The van der Waals surface area contributed by atoms with Crippen molar-refractivity contribution in [3.8, 4) is 0 Å². The predicted octanol–water partition coefficient (Wildman–Crippen LogP) is 3.08. The van der Waals surface area contributed by atoms with Gasteiger partial charge < -0.3 is 9.84 Å². The number of benzene rings is 1. The Bertz CT molecular complexity index is 411. The molecule has 0 fully saturated rings. The van der Waals surface area contributed by atoms with Crippen LogP contribution in [0.5, 0.6) is 0 Å². The van der Waals surface area contributed by atoms with Crippen molar-refractivity contribution in [2.45, 2.75) is 25.4 Å². The highest BCUT2D eigenvalue weighted by Gasteiger charge is 2.18. The van der Waals surface area contributed by atoms with Crippen molar-refractivity contribution in [3.05, 3.63) is 46.4 Å². The van der Waals surface area contributed by atoms with Crippen LogP contribution in [-0.2, 0) is 11.2 Å². The van der Waals surface area contributed by atoms with Crippen LogP contribution in [0.2, 0.25) is 5.02 Å². The van der Waals surface area contributed by atoms with Crippen LogP contribution in [-0.4, -0.2) is 17.8 Å². The molecule has 2 rings (SSSR count). The van der Waals surface area contributed by atoms with Crippen LogP contribution in [0, 0.1) is 5.82 Å². The first-order chi connectivity index (χ1) is 8.18. The van der Waals surface area contributed by atoms with E-state index in [1.807, 2.05) is 0 Å². The smallest absolute Gasteiger partial charge is 0.127 e. The molecule has 17 heavy (non-hydrogen) atoms. The summed E-state index contributed by atoms with van der Waals surface area (Å²) in [4.78, 5) is 0. The lowest BCUT2D eigenvalue weighted by atomic mass is 9.98. The molecule has 1 atom stereocenters. The molecule has 0 saturated heterocycles. The van der Waals surface area contributed by atoms with Gasteiger partial charge in [0.1, 0.15) is 5.82 Å². The number of halogens is 2. The quantitative estimate of drug-likeness (QED) is 0.901. The molecule has 0 amide bonds. The van der Waals surface area contributed by atoms with Gasteiger partial charge in [0.25, 0.3) is 0 Å². The minimum absolute atomic E-state index is 0.181. The molecule has 1 aliphatic rings. The van der Waals surface area contributed by atoms with E-state index in [0.29, 0.717) is 17.2 Å². The van der Waals surface area contributed by atoms with Crippen LogP contribution in [0.25, 0.3) is 0 Å². The fourth-order valence-corrected chi connectivity index (χ4v) is 2.12. The third-order valence-corrected chi connectivity index (χ3v) is 3.20. The summed E-state index contributed by atoms with van der Waals surface area (Å²) >= 11 is 5.91. The molecule has 4 heteroatoms. The number of aliphatic hydroxyl groups excluding tert-OH is 1. The molecular weight excluding hydrogens is 243 g/mol. The van der Waals surface area contributed by atoms with Crippen molar-refractivity contribution in [3.63, 3.8) is 0 Å². The zero-order valence-corrected chi connectivity index (χ0v) is 10.1. The number of ether oxygens (including phenoxy) is 1. The molecule has 1 aliphatic heterocycles. The van der Waals surface area contributed by atoms with Gasteiger partial charge >= 0.3 is 0 Å². The average Bonchev–Trinajstić information content (AvgIpc) is 2.35. The molecule has 1 aromatic carbocycles. The SMILES string of the molecule is OC(Cc1c(F)cccc1Cl)C1=COCCC1. The van der Waals surface area contributed by atoms with Gasteiger partial charge in [-0.25, -0.2) is 4.39 Å². The molecule has 0 aromatic heterocycles. The summed E-state index contributed by atoms with van der Waals surface area (Å²) in [5.74, 6) is -0.381. The largest absolute Gasteiger partial charge is 0.501 e. The van der Waals surface area contributed by atoms with E-state index in [1.54, 1.807) is 18.4 Å². The van der Waals surface area contributed by atoms with Gasteiger partial charge in [-0.3, -0.25) is 0 Å². The van der Waals surface area contributed by atoms with Gasteiger partial charge in [-0.05, 0) is 30.5 Å². The van der Waals surface area contributed by atoms with Crippen LogP contribution < -0.4 is 0 Å². The first-order valence-corrected chi connectivity index (χ1v) is 5.98. The second-order valence-corrected chi connectivity index (χ2v) is 4.49. The minimum atomic E-state index is -0.732. The third-order valence-electron chi connectivity index (χ3n) is 2.85. The second-order valence-electron chi connectivity index (χ2n) is 4.09. The first-order valence-electron chi connectivity index (χ1n) is 5.60. The Labute approximate surface area is 105 Å². The molecule has 1 unspecified atom stereocenters. The van der Waals surface area contributed by atoms with E-state index in [-0.39, 0.29) is 12.2 Å². The number of hydrogen-bond acceptors (Lipinski definition) is 2. The van der Waals surface area contributed by atoms with E-state index in [9.17, 15) is 9.50 Å². The highest BCUT2D eigenvalue weighted by molar-refractivity contribution is 6.31. The Balaban J connectivity index is 2.12. The molecule has 2 nitrogen and oxygen atoms in total. The molecule has 1 aromatic rings. The zero-order valence-electron chi connectivity index (χ0n) is 9.33. The normalized spacial score (nSPS) is 17.2. The van der Waals surface area contributed by atoms with Crippen molar-refractivity contribution < 1.29 is 14.2 Å². The Morgan fingerprint density at radius 1 is 1.47 bits per heavy atom. The van der Waals surface area contributed by atoms with Crippen molar-refractivity contribution in [2.75, 3.05) is 6.61 Å². The first kappa shape index (κ1) is 12.4. The summed E-state index contributed by atoms with van der Waals surface area (Å²) in [6, 6.07) is 4.52. The highest BCUT2D eigenvalue weighted by Crippen LogP contribution is 2.24. The molecule has 0 aliphatic carbocycles. The van der Waals surface area contributed by atoms with Crippen molar-refractivity contribution in [1.29, 1.82) is 0 Å². The highest BCUT2D eigenvalue weighted by atomic mass is 35.5. The van der Waals surface area contributed by atoms with E-state index in [0.717, 1.165) is 18.4 Å². The van der Waals surface area contributed by atoms with Crippen molar-refractivity contribution in [2.24, 2.45) is 0 Å². The molecule has 1 N–H and O–H groups in total. The molecule has 0 saturated carbocycles. The molecule has 0 spiro atoms. The van der Waals surface area contributed by atoms with E-state index < -0.39 is 6.10 Å². The fourth-order valence-electron chi connectivity index (χ4n) is 1.88. The standard InChI is InChI=1S/C13H14ClFO2/c14-11-4-1-5-12(15)10(11)7-13(16)9-3-2-6-17-8-9/h1,4-5,8,13,16H,2-3,6-7H2. The van der Waals surface area contributed by atoms with Gasteiger partial charge in [-0.2, -0.15) is 0 Å². The van der Waals surface area contributed by atoms with Gasteiger partial charge in [0, 0.05) is 17.0 Å². The van der Waals surface area contributed by atoms with Gasteiger partial charge in [-0.1, -0.05) is 17.7 Å². The summed E-state index contributed by atoms with van der Waals surface area (Å²) in [7, 11) is 0. The maximum absolute atomic E-state index is 13.5. The van der Waals surface area contributed by atoms with E-state index in [2.05, 4.69) is 0 Å². The van der Waals surface area contributed by atoms with Crippen LogP contribution in [0.3, 0.4) is 0 Å². The lowest BCUT2D eigenvalue weighted by Crippen LogP contribution is -2.18. The van der Waals surface area contributed by atoms with Crippen LogP contribution in [0.15, 0.2) is 30.0 Å².